The van der Waals surface area contributed by atoms with Crippen molar-refractivity contribution >= 4 is 0 Å². The van der Waals surface area contributed by atoms with Crippen molar-refractivity contribution in [3.8, 4) is 17.0 Å². The largest absolute Gasteiger partial charge is 0.494 e. The van der Waals surface area contributed by atoms with E-state index in [4.69, 9.17) is 0 Å². The van der Waals surface area contributed by atoms with Gasteiger partial charge in [0.2, 0.25) is 5.88 Å². The van der Waals surface area contributed by atoms with Gasteiger partial charge in [-0.05, 0) is 30.2 Å². The molecule has 3 rings (SSSR count). The zero-order valence-corrected chi connectivity index (χ0v) is 11.9. The van der Waals surface area contributed by atoms with Crippen LogP contribution in [0.1, 0.15) is 26.2 Å². The van der Waals surface area contributed by atoms with Crippen LogP contribution in [0.15, 0.2) is 39.9 Å². The van der Waals surface area contributed by atoms with E-state index in [1.54, 1.807) is 24.3 Å². The van der Waals surface area contributed by atoms with Gasteiger partial charge in [-0.1, -0.05) is 37.3 Å². The van der Waals surface area contributed by atoms with E-state index in [9.17, 15) is 14.7 Å². The van der Waals surface area contributed by atoms with Crippen molar-refractivity contribution in [2.45, 2.75) is 32.7 Å². The third kappa shape index (κ3) is 2.39. The molecule has 1 heterocycles. The molecule has 1 fully saturated rings. The summed E-state index contributed by atoms with van der Waals surface area (Å²) in [6, 6.07) is 8.90. The summed E-state index contributed by atoms with van der Waals surface area (Å²) >= 11 is 0. The first kappa shape index (κ1) is 13.7. The van der Waals surface area contributed by atoms with Crippen LogP contribution in [-0.2, 0) is 6.54 Å². The minimum atomic E-state index is -0.554. The zero-order valence-electron chi connectivity index (χ0n) is 11.9. The van der Waals surface area contributed by atoms with Gasteiger partial charge in [0, 0.05) is 6.54 Å². The van der Waals surface area contributed by atoms with Crippen molar-refractivity contribution in [1.29, 1.82) is 0 Å². The first-order valence-electron chi connectivity index (χ1n) is 7.18. The number of hydrogen-bond donors (Lipinski definition) is 2. The number of aromatic hydroxyl groups is 1. The molecule has 0 spiro atoms. The topological polar surface area (TPSA) is 75.1 Å². The minimum Gasteiger partial charge on any atom is -0.494 e. The average Bonchev–Trinajstić information content (AvgIpc) is 3.25. The number of rotatable bonds is 4. The lowest BCUT2D eigenvalue weighted by molar-refractivity contribution is 0.340. The molecular weight excluding hydrogens is 268 g/mol. The molecule has 0 unspecified atom stereocenters. The normalized spacial score (nSPS) is 15.9. The summed E-state index contributed by atoms with van der Waals surface area (Å²) in [7, 11) is 0. The molecule has 2 N–H and O–H groups in total. The van der Waals surface area contributed by atoms with E-state index in [2.05, 4.69) is 11.9 Å². The Balaban J connectivity index is 2.14. The lowest BCUT2D eigenvalue weighted by atomic mass is 10.0. The van der Waals surface area contributed by atoms with Crippen molar-refractivity contribution in [1.82, 2.24) is 9.55 Å². The number of benzene rings is 1. The number of aromatic amines is 1. The average molecular weight is 286 g/mol. The molecular formula is C16H18N2O3. The molecule has 0 atom stereocenters. The highest BCUT2D eigenvalue weighted by Gasteiger charge is 2.41. The molecule has 5 heteroatoms. The fraction of sp³-hybridized carbons (Fsp3) is 0.375. The molecule has 2 aromatic rings. The van der Waals surface area contributed by atoms with Gasteiger partial charge in [0.25, 0.3) is 5.56 Å². The predicted octanol–water partition coefficient (Wildman–Crippen LogP) is 2.10. The third-order valence-electron chi connectivity index (χ3n) is 4.44. The number of hydrogen-bond acceptors (Lipinski definition) is 3. The van der Waals surface area contributed by atoms with Gasteiger partial charge in [-0.3, -0.25) is 14.3 Å². The van der Waals surface area contributed by atoms with Crippen LogP contribution in [0.25, 0.3) is 11.1 Å². The molecule has 1 aromatic heterocycles. The molecule has 0 saturated heterocycles. The third-order valence-corrected chi connectivity index (χ3v) is 4.44. The van der Waals surface area contributed by atoms with Crippen molar-refractivity contribution in [2.24, 2.45) is 5.41 Å². The molecule has 1 aliphatic rings. The second kappa shape index (κ2) is 4.91. The Morgan fingerprint density at radius 1 is 1.24 bits per heavy atom. The summed E-state index contributed by atoms with van der Waals surface area (Å²) in [4.78, 5) is 26.4. The maximum absolute atomic E-state index is 12.0. The molecule has 0 radical (unpaired) electrons. The Labute approximate surface area is 121 Å². The second-order valence-corrected chi connectivity index (χ2v) is 5.76. The second-order valence-electron chi connectivity index (χ2n) is 5.76. The van der Waals surface area contributed by atoms with Crippen molar-refractivity contribution < 1.29 is 5.11 Å². The lowest BCUT2D eigenvalue weighted by Crippen LogP contribution is -2.33. The molecule has 5 nitrogen and oxygen atoms in total. The van der Waals surface area contributed by atoms with Gasteiger partial charge in [-0.25, -0.2) is 4.79 Å². The van der Waals surface area contributed by atoms with Gasteiger partial charge in [0.1, 0.15) is 5.56 Å². The number of aromatic nitrogens is 2. The Bertz CT molecular complexity index is 770. The van der Waals surface area contributed by atoms with Crippen LogP contribution in [-0.4, -0.2) is 14.7 Å². The summed E-state index contributed by atoms with van der Waals surface area (Å²) in [5, 5.41) is 10.4. The maximum Gasteiger partial charge on any atom is 0.331 e. The molecule has 110 valence electrons. The molecule has 1 aliphatic carbocycles. The molecule has 1 saturated carbocycles. The first-order chi connectivity index (χ1) is 10.1. The van der Waals surface area contributed by atoms with Crippen LogP contribution in [0.4, 0.5) is 0 Å². The monoisotopic (exact) mass is 286 g/mol. The molecule has 21 heavy (non-hydrogen) atoms. The van der Waals surface area contributed by atoms with Gasteiger partial charge in [0.05, 0.1) is 0 Å². The summed E-state index contributed by atoms with van der Waals surface area (Å²) in [5.41, 5.74) is -0.250. The molecule has 0 amide bonds. The van der Waals surface area contributed by atoms with Crippen LogP contribution in [0.2, 0.25) is 0 Å². The number of nitrogens with one attached hydrogen (secondary N) is 1. The Morgan fingerprint density at radius 3 is 2.48 bits per heavy atom. The SMILES string of the molecule is CCC1(Cn2c(O)c(-c3ccccc3)c(=O)[nH]c2=O)CC1. The molecule has 0 aliphatic heterocycles. The van der Waals surface area contributed by atoms with E-state index >= 15 is 0 Å². The zero-order chi connectivity index (χ0) is 15.0. The van der Waals surface area contributed by atoms with E-state index in [0.717, 1.165) is 19.3 Å². The Hall–Kier alpha value is -2.30. The summed E-state index contributed by atoms with van der Waals surface area (Å²) < 4.78 is 1.29. The smallest absolute Gasteiger partial charge is 0.331 e. The summed E-state index contributed by atoms with van der Waals surface area (Å²) in [5.74, 6) is -0.241. The highest BCUT2D eigenvalue weighted by atomic mass is 16.3. The number of nitrogens with zero attached hydrogens (tertiary/aromatic N) is 1. The number of H-pyrrole nitrogens is 1. The standard InChI is InChI=1S/C16H18N2O3/c1-2-16(8-9-16)10-18-14(20)12(13(19)17-15(18)21)11-6-4-3-5-7-11/h3-7,20H,2,8-10H2,1H3,(H,17,19,21). The highest BCUT2D eigenvalue weighted by Crippen LogP contribution is 2.50. The van der Waals surface area contributed by atoms with Crippen molar-refractivity contribution in [3.05, 3.63) is 51.2 Å². The van der Waals surface area contributed by atoms with Gasteiger partial charge in [-0.2, -0.15) is 0 Å². The maximum atomic E-state index is 12.0. The molecule has 0 bridgehead atoms. The lowest BCUT2D eigenvalue weighted by Gasteiger charge is -2.17. The van der Waals surface area contributed by atoms with E-state index in [0.29, 0.717) is 12.1 Å². The van der Waals surface area contributed by atoms with E-state index in [1.165, 1.54) is 4.57 Å². The van der Waals surface area contributed by atoms with E-state index < -0.39 is 11.2 Å². The first-order valence-corrected chi connectivity index (χ1v) is 7.18. The molecule has 1 aromatic carbocycles. The van der Waals surface area contributed by atoms with Gasteiger partial charge >= 0.3 is 5.69 Å². The van der Waals surface area contributed by atoms with Crippen molar-refractivity contribution in [2.75, 3.05) is 0 Å². The quantitative estimate of drug-likeness (QED) is 0.903. The van der Waals surface area contributed by atoms with Crippen molar-refractivity contribution in [3.63, 3.8) is 0 Å². The Morgan fingerprint density at radius 2 is 1.90 bits per heavy atom. The van der Waals surface area contributed by atoms with Crippen LogP contribution >= 0.6 is 0 Å². The fourth-order valence-electron chi connectivity index (χ4n) is 2.71. The summed E-state index contributed by atoms with van der Waals surface area (Å²) in [6.45, 7) is 2.53. The summed E-state index contributed by atoms with van der Waals surface area (Å²) in [6.07, 6.45) is 3.06. The van der Waals surface area contributed by atoms with Crippen LogP contribution < -0.4 is 11.2 Å². The fourth-order valence-corrected chi connectivity index (χ4v) is 2.71. The van der Waals surface area contributed by atoms with Gasteiger partial charge < -0.3 is 5.11 Å². The van der Waals surface area contributed by atoms with Gasteiger partial charge in [0.15, 0.2) is 0 Å². The Kier molecular flexibility index (Phi) is 3.20. The predicted molar refractivity (Wildman–Crippen MR) is 80.4 cm³/mol. The van der Waals surface area contributed by atoms with Crippen LogP contribution in [0.5, 0.6) is 5.88 Å². The van der Waals surface area contributed by atoms with Crippen LogP contribution in [0.3, 0.4) is 0 Å². The van der Waals surface area contributed by atoms with E-state index in [-0.39, 0.29) is 16.9 Å². The van der Waals surface area contributed by atoms with Gasteiger partial charge in [-0.15, -0.1) is 0 Å². The highest BCUT2D eigenvalue weighted by molar-refractivity contribution is 5.67. The van der Waals surface area contributed by atoms with Crippen LogP contribution in [0, 0.1) is 5.41 Å². The minimum absolute atomic E-state index is 0.0908. The van der Waals surface area contributed by atoms with E-state index in [1.807, 2.05) is 6.07 Å².